The zero-order chi connectivity index (χ0) is 14.4. The Balaban J connectivity index is 2.42. The van der Waals surface area contributed by atoms with E-state index in [1.165, 1.54) is 6.20 Å². The first-order chi connectivity index (χ1) is 9.50. The van der Waals surface area contributed by atoms with Gasteiger partial charge in [0.15, 0.2) is 0 Å². The first kappa shape index (κ1) is 12.7. The van der Waals surface area contributed by atoms with Crippen LogP contribution < -0.4 is 0 Å². The van der Waals surface area contributed by atoms with E-state index in [2.05, 4.69) is 5.10 Å². The van der Waals surface area contributed by atoms with E-state index < -0.39 is 5.97 Å². The monoisotopic (exact) mass is 289 g/mol. The Kier molecular flexibility index (Phi) is 2.79. The minimum atomic E-state index is -1.00. The number of benzene rings is 1. The van der Waals surface area contributed by atoms with Crippen molar-refractivity contribution in [1.29, 1.82) is 0 Å². The highest BCUT2D eigenvalue weighted by Crippen LogP contribution is 2.36. The van der Waals surface area contributed by atoms with Crippen LogP contribution in [0.2, 0.25) is 5.02 Å². The fraction of sp³-hybridized carbons (Fsp3) is 0.143. The van der Waals surface area contributed by atoms with E-state index in [4.69, 9.17) is 11.6 Å². The lowest BCUT2D eigenvalue weighted by Gasteiger charge is -2.03. The quantitative estimate of drug-likeness (QED) is 0.789. The summed E-state index contributed by atoms with van der Waals surface area (Å²) in [4.78, 5) is 11.3. The third kappa shape index (κ3) is 1.71. The maximum Gasteiger partial charge on any atom is 0.339 e. The largest absolute Gasteiger partial charge is 0.478 e. The van der Waals surface area contributed by atoms with Crippen LogP contribution in [0.5, 0.6) is 0 Å². The number of rotatable bonds is 2. The predicted octanol–water partition coefficient (Wildman–Crippen LogP) is 2.93. The number of carboxylic acid groups (broad SMARTS) is 1. The standard InChI is InChI=1S/C14H12ClN3O2/c1-17-7-9(12-10(15)4-3-5-11(12)17)13-8(14(19)20)6-16-18(13)2/h3-7H,1-2H3,(H,19,20). The molecule has 0 saturated heterocycles. The van der Waals surface area contributed by atoms with E-state index in [0.717, 1.165) is 16.5 Å². The summed E-state index contributed by atoms with van der Waals surface area (Å²) in [6.07, 6.45) is 3.23. The topological polar surface area (TPSA) is 60.1 Å². The SMILES string of the molecule is Cn1ncc(C(=O)O)c1-c1cn(C)c2cccc(Cl)c12. The zero-order valence-corrected chi connectivity index (χ0v) is 11.7. The number of hydrogen-bond donors (Lipinski definition) is 1. The van der Waals surface area contributed by atoms with Crippen LogP contribution in [-0.4, -0.2) is 25.4 Å². The predicted molar refractivity (Wildman–Crippen MR) is 77.1 cm³/mol. The Hall–Kier alpha value is -2.27. The van der Waals surface area contributed by atoms with Gasteiger partial charge in [-0.15, -0.1) is 0 Å². The van der Waals surface area contributed by atoms with Crippen molar-refractivity contribution in [3.8, 4) is 11.3 Å². The average molecular weight is 290 g/mol. The molecule has 0 amide bonds. The third-order valence-corrected chi connectivity index (χ3v) is 3.70. The second-order valence-corrected chi connectivity index (χ2v) is 5.03. The molecule has 0 aliphatic carbocycles. The summed E-state index contributed by atoms with van der Waals surface area (Å²) >= 11 is 6.29. The number of aromatic carboxylic acids is 1. The van der Waals surface area contributed by atoms with Gasteiger partial charge in [0.25, 0.3) is 0 Å². The highest BCUT2D eigenvalue weighted by molar-refractivity contribution is 6.36. The van der Waals surface area contributed by atoms with E-state index in [-0.39, 0.29) is 5.56 Å². The fourth-order valence-corrected chi connectivity index (χ4v) is 2.77. The van der Waals surface area contributed by atoms with Gasteiger partial charge in [-0.25, -0.2) is 4.79 Å². The molecule has 3 rings (SSSR count). The smallest absolute Gasteiger partial charge is 0.339 e. The van der Waals surface area contributed by atoms with Gasteiger partial charge in [-0.05, 0) is 12.1 Å². The van der Waals surface area contributed by atoms with Crippen molar-refractivity contribution >= 4 is 28.5 Å². The van der Waals surface area contributed by atoms with Gasteiger partial charge in [0, 0.05) is 36.8 Å². The molecule has 0 radical (unpaired) electrons. The molecule has 0 bridgehead atoms. The van der Waals surface area contributed by atoms with Crippen LogP contribution in [-0.2, 0) is 14.1 Å². The first-order valence-electron chi connectivity index (χ1n) is 6.00. The van der Waals surface area contributed by atoms with E-state index >= 15 is 0 Å². The van der Waals surface area contributed by atoms with Crippen molar-refractivity contribution in [2.45, 2.75) is 0 Å². The van der Waals surface area contributed by atoms with Crippen molar-refractivity contribution in [3.63, 3.8) is 0 Å². The van der Waals surface area contributed by atoms with Crippen LogP contribution in [0.25, 0.3) is 22.2 Å². The molecule has 0 fully saturated rings. The molecule has 20 heavy (non-hydrogen) atoms. The molecule has 0 aliphatic rings. The number of halogens is 1. The van der Waals surface area contributed by atoms with E-state index in [1.807, 2.05) is 29.9 Å². The van der Waals surface area contributed by atoms with Crippen molar-refractivity contribution in [2.24, 2.45) is 14.1 Å². The Morgan fingerprint density at radius 2 is 2.10 bits per heavy atom. The van der Waals surface area contributed by atoms with Gasteiger partial charge in [-0.3, -0.25) is 4.68 Å². The molecule has 6 heteroatoms. The Morgan fingerprint density at radius 3 is 2.80 bits per heavy atom. The van der Waals surface area contributed by atoms with Gasteiger partial charge in [-0.1, -0.05) is 17.7 Å². The summed E-state index contributed by atoms with van der Waals surface area (Å²) in [6, 6.07) is 5.61. The first-order valence-corrected chi connectivity index (χ1v) is 6.37. The molecule has 2 aromatic heterocycles. The Bertz CT molecular complexity index is 832. The molecular formula is C14H12ClN3O2. The number of hydrogen-bond acceptors (Lipinski definition) is 2. The summed E-state index contributed by atoms with van der Waals surface area (Å²) in [6.45, 7) is 0. The van der Waals surface area contributed by atoms with Crippen LogP contribution >= 0.6 is 11.6 Å². The molecule has 0 spiro atoms. The Labute approximate surface area is 120 Å². The van der Waals surface area contributed by atoms with E-state index in [0.29, 0.717) is 10.7 Å². The number of carboxylic acids is 1. The van der Waals surface area contributed by atoms with Crippen molar-refractivity contribution in [3.05, 3.63) is 41.2 Å². The molecule has 1 N–H and O–H groups in total. The number of fused-ring (bicyclic) bond motifs is 1. The zero-order valence-electron chi connectivity index (χ0n) is 11.0. The summed E-state index contributed by atoms with van der Waals surface area (Å²) < 4.78 is 3.48. The minimum absolute atomic E-state index is 0.167. The van der Waals surface area contributed by atoms with Gasteiger partial charge in [0.05, 0.1) is 16.9 Å². The van der Waals surface area contributed by atoms with E-state index in [1.54, 1.807) is 17.8 Å². The highest BCUT2D eigenvalue weighted by Gasteiger charge is 2.21. The maximum absolute atomic E-state index is 11.3. The lowest BCUT2D eigenvalue weighted by molar-refractivity contribution is 0.0697. The number of nitrogens with zero attached hydrogens (tertiary/aromatic N) is 3. The molecule has 3 aromatic rings. The second-order valence-electron chi connectivity index (χ2n) is 4.62. The van der Waals surface area contributed by atoms with Gasteiger partial charge >= 0.3 is 5.97 Å². The second kappa shape index (κ2) is 4.38. The van der Waals surface area contributed by atoms with Crippen LogP contribution in [0.3, 0.4) is 0 Å². The molecule has 0 aliphatic heterocycles. The lowest BCUT2D eigenvalue weighted by Crippen LogP contribution is -2.00. The number of aromatic nitrogens is 3. The molecule has 102 valence electrons. The van der Waals surface area contributed by atoms with Crippen molar-refractivity contribution in [2.75, 3.05) is 0 Å². The molecule has 0 atom stereocenters. The maximum atomic E-state index is 11.3. The van der Waals surface area contributed by atoms with Crippen molar-refractivity contribution < 1.29 is 9.90 Å². The lowest BCUT2D eigenvalue weighted by atomic mass is 10.1. The molecule has 0 saturated carbocycles. The van der Waals surface area contributed by atoms with Gasteiger partial charge in [0.1, 0.15) is 5.56 Å². The summed E-state index contributed by atoms with van der Waals surface area (Å²) in [5, 5.41) is 14.8. The van der Waals surface area contributed by atoms with Crippen LogP contribution in [0.1, 0.15) is 10.4 Å². The summed E-state index contributed by atoms with van der Waals surface area (Å²) in [5.74, 6) is -1.00. The van der Waals surface area contributed by atoms with Gasteiger partial charge in [-0.2, -0.15) is 5.10 Å². The van der Waals surface area contributed by atoms with Crippen molar-refractivity contribution in [1.82, 2.24) is 14.3 Å². The molecule has 0 unspecified atom stereocenters. The van der Waals surface area contributed by atoms with Crippen LogP contribution in [0.15, 0.2) is 30.6 Å². The van der Waals surface area contributed by atoms with Crippen LogP contribution in [0, 0.1) is 0 Å². The minimum Gasteiger partial charge on any atom is -0.478 e. The van der Waals surface area contributed by atoms with Crippen LogP contribution in [0.4, 0.5) is 0 Å². The highest BCUT2D eigenvalue weighted by atomic mass is 35.5. The molecule has 5 nitrogen and oxygen atoms in total. The average Bonchev–Trinajstić information content (AvgIpc) is 2.92. The Morgan fingerprint density at radius 1 is 1.35 bits per heavy atom. The van der Waals surface area contributed by atoms with E-state index in [9.17, 15) is 9.90 Å². The molecular weight excluding hydrogens is 278 g/mol. The summed E-state index contributed by atoms with van der Waals surface area (Å²) in [7, 11) is 3.62. The number of aryl methyl sites for hydroxylation is 2. The van der Waals surface area contributed by atoms with Gasteiger partial charge < -0.3 is 9.67 Å². The normalized spacial score (nSPS) is 11.2. The molecule has 1 aromatic carbocycles. The third-order valence-electron chi connectivity index (χ3n) is 3.39. The van der Waals surface area contributed by atoms with Gasteiger partial charge in [0.2, 0.25) is 0 Å². The number of carbonyl (C=O) groups is 1. The summed E-state index contributed by atoms with van der Waals surface area (Å²) in [5.41, 5.74) is 2.44. The fourth-order valence-electron chi connectivity index (χ4n) is 2.49. The molecule has 2 heterocycles.